The summed E-state index contributed by atoms with van der Waals surface area (Å²) >= 11 is 0. The molecule has 0 saturated heterocycles. The van der Waals surface area contributed by atoms with Crippen LogP contribution in [0.4, 0.5) is 0 Å². The highest BCUT2D eigenvalue weighted by Gasteiger charge is 2.22. The second-order valence-electron chi connectivity index (χ2n) is 7.17. The number of methoxy groups -OCH3 is 1. The molecule has 2 heterocycles. The van der Waals surface area contributed by atoms with E-state index in [-0.39, 0.29) is 5.63 Å². The molecule has 1 aliphatic rings. The van der Waals surface area contributed by atoms with Crippen LogP contribution in [0.1, 0.15) is 29.7 Å². The molecule has 0 saturated carbocycles. The summed E-state index contributed by atoms with van der Waals surface area (Å²) in [6.07, 6.45) is 4.38. The van der Waals surface area contributed by atoms with Crippen LogP contribution in [0.3, 0.4) is 0 Å². The van der Waals surface area contributed by atoms with Crippen LogP contribution in [0, 0.1) is 6.92 Å². The van der Waals surface area contributed by atoms with Gasteiger partial charge in [-0.15, -0.1) is 0 Å². The minimum atomic E-state index is -0.355. The lowest BCUT2D eigenvalue weighted by Gasteiger charge is -2.10. The molecule has 0 N–H and O–H groups in total. The van der Waals surface area contributed by atoms with Crippen molar-refractivity contribution in [1.29, 1.82) is 0 Å². The summed E-state index contributed by atoms with van der Waals surface area (Å²) in [5.74, 6) is 1.87. The normalized spacial score (nSPS) is 13.9. The second kappa shape index (κ2) is 6.02. The average Bonchev–Trinajstić information content (AvgIpc) is 3.07. The zero-order valence-electron chi connectivity index (χ0n) is 15.4. The molecule has 0 radical (unpaired) electrons. The van der Waals surface area contributed by atoms with Gasteiger partial charge in [-0.05, 0) is 55.5 Å². The highest BCUT2D eigenvalue weighted by Crippen LogP contribution is 2.39. The Morgan fingerprint density at radius 3 is 2.44 bits per heavy atom. The summed E-state index contributed by atoms with van der Waals surface area (Å²) in [4.78, 5) is 12.3. The maximum atomic E-state index is 12.3. The highest BCUT2D eigenvalue weighted by atomic mass is 16.5. The molecule has 136 valence electrons. The highest BCUT2D eigenvalue weighted by molar-refractivity contribution is 6.04. The number of rotatable bonds is 2. The van der Waals surface area contributed by atoms with Crippen LogP contribution in [0.5, 0.6) is 5.75 Å². The molecule has 1 aliphatic carbocycles. The van der Waals surface area contributed by atoms with Crippen molar-refractivity contribution in [1.82, 2.24) is 0 Å². The maximum Gasteiger partial charge on any atom is 0.336 e. The van der Waals surface area contributed by atoms with Crippen molar-refractivity contribution in [2.75, 3.05) is 7.11 Å². The van der Waals surface area contributed by atoms with Crippen LogP contribution in [-0.4, -0.2) is 7.11 Å². The Hall–Kier alpha value is -3.01. The number of furan rings is 1. The van der Waals surface area contributed by atoms with Gasteiger partial charge >= 0.3 is 5.63 Å². The average molecular weight is 360 g/mol. The first-order valence-corrected chi connectivity index (χ1v) is 9.32. The third kappa shape index (κ3) is 2.47. The van der Waals surface area contributed by atoms with Gasteiger partial charge in [-0.1, -0.05) is 12.1 Å². The first-order valence-electron chi connectivity index (χ1n) is 9.32. The monoisotopic (exact) mass is 360 g/mol. The molecule has 0 atom stereocenters. The molecular weight excluding hydrogens is 340 g/mol. The van der Waals surface area contributed by atoms with Gasteiger partial charge in [-0.25, -0.2) is 4.79 Å². The number of aryl methyl sites for hydroxylation is 3. The van der Waals surface area contributed by atoms with E-state index in [0.29, 0.717) is 5.58 Å². The van der Waals surface area contributed by atoms with Crippen molar-refractivity contribution in [3.63, 3.8) is 0 Å². The van der Waals surface area contributed by atoms with Crippen molar-refractivity contribution in [2.24, 2.45) is 0 Å². The minimum absolute atomic E-state index is 0.355. The van der Waals surface area contributed by atoms with Crippen LogP contribution < -0.4 is 10.4 Å². The van der Waals surface area contributed by atoms with Crippen LogP contribution in [0.2, 0.25) is 0 Å². The van der Waals surface area contributed by atoms with E-state index in [1.54, 1.807) is 13.2 Å². The number of hydrogen-bond acceptors (Lipinski definition) is 4. The summed E-state index contributed by atoms with van der Waals surface area (Å²) in [6, 6.07) is 11.5. The lowest BCUT2D eigenvalue weighted by molar-refractivity contribution is 0.415. The van der Waals surface area contributed by atoms with E-state index in [4.69, 9.17) is 13.6 Å². The smallest absolute Gasteiger partial charge is 0.336 e. The maximum absolute atomic E-state index is 12.3. The summed E-state index contributed by atoms with van der Waals surface area (Å²) in [6.45, 7) is 1.97. The summed E-state index contributed by atoms with van der Waals surface area (Å²) in [7, 11) is 1.64. The van der Waals surface area contributed by atoms with Gasteiger partial charge in [0, 0.05) is 34.4 Å². The first kappa shape index (κ1) is 16.2. The topological polar surface area (TPSA) is 52.6 Å². The molecule has 0 unspecified atom stereocenters. The molecule has 4 aromatic rings. The van der Waals surface area contributed by atoms with Gasteiger partial charge < -0.3 is 13.6 Å². The Labute approximate surface area is 156 Å². The van der Waals surface area contributed by atoms with E-state index in [1.807, 2.05) is 31.2 Å². The van der Waals surface area contributed by atoms with Crippen molar-refractivity contribution in [2.45, 2.75) is 32.6 Å². The van der Waals surface area contributed by atoms with E-state index < -0.39 is 0 Å². The Morgan fingerprint density at radius 1 is 0.926 bits per heavy atom. The molecule has 0 amide bonds. The van der Waals surface area contributed by atoms with Gasteiger partial charge in [0.2, 0.25) is 0 Å². The Balaban J connectivity index is 1.85. The molecule has 0 bridgehead atoms. The fourth-order valence-electron chi connectivity index (χ4n) is 4.20. The van der Waals surface area contributed by atoms with Crippen molar-refractivity contribution in [3.8, 4) is 16.9 Å². The predicted octanol–water partition coefficient (Wildman–Crippen LogP) is 5.40. The lowest BCUT2D eigenvalue weighted by atomic mass is 9.93. The van der Waals surface area contributed by atoms with E-state index >= 15 is 0 Å². The molecule has 0 aliphatic heterocycles. The van der Waals surface area contributed by atoms with Gasteiger partial charge in [-0.3, -0.25) is 0 Å². The number of hydrogen-bond donors (Lipinski definition) is 0. The molecule has 4 heteroatoms. The number of ether oxygens (including phenoxy) is 1. The zero-order valence-corrected chi connectivity index (χ0v) is 15.4. The fourth-order valence-corrected chi connectivity index (χ4v) is 4.20. The predicted molar refractivity (Wildman–Crippen MR) is 106 cm³/mol. The molecular formula is C23H20O4. The Morgan fingerprint density at radius 2 is 1.67 bits per heavy atom. The van der Waals surface area contributed by atoms with E-state index in [0.717, 1.165) is 63.8 Å². The summed E-state index contributed by atoms with van der Waals surface area (Å²) < 4.78 is 17.0. The molecule has 2 aromatic heterocycles. The van der Waals surface area contributed by atoms with Gasteiger partial charge in [0.05, 0.1) is 7.11 Å². The van der Waals surface area contributed by atoms with Crippen LogP contribution >= 0.6 is 0 Å². The second-order valence-corrected chi connectivity index (χ2v) is 7.17. The molecule has 0 spiro atoms. The van der Waals surface area contributed by atoms with Gasteiger partial charge in [-0.2, -0.15) is 0 Å². The zero-order chi connectivity index (χ0) is 18.5. The van der Waals surface area contributed by atoms with E-state index in [9.17, 15) is 4.79 Å². The molecule has 2 aromatic carbocycles. The molecule has 0 fully saturated rings. The summed E-state index contributed by atoms with van der Waals surface area (Å²) in [5.41, 5.74) is 5.14. The van der Waals surface area contributed by atoms with Gasteiger partial charge in [0.25, 0.3) is 0 Å². The van der Waals surface area contributed by atoms with Crippen LogP contribution in [0.25, 0.3) is 33.1 Å². The van der Waals surface area contributed by atoms with Gasteiger partial charge in [0.1, 0.15) is 22.7 Å². The van der Waals surface area contributed by atoms with Crippen molar-refractivity contribution in [3.05, 3.63) is 63.7 Å². The molecule has 4 nitrogen and oxygen atoms in total. The molecule has 5 rings (SSSR count). The quantitative estimate of drug-likeness (QED) is 0.449. The largest absolute Gasteiger partial charge is 0.497 e. The van der Waals surface area contributed by atoms with Crippen LogP contribution in [0.15, 0.2) is 50.0 Å². The molecule has 27 heavy (non-hydrogen) atoms. The van der Waals surface area contributed by atoms with Crippen LogP contribution in [-0.2, 0) is 12.8 Å². The van der Waals surface area contributed by atoms with E-state index in [1.165, 1.54) is 12.0 Å². The lowest BCUT2D eigenvalue weighted by Crippen LogP contribution is -2.00. The minimum Gasteiger partial charge on any atom is -0.497 e. The van der Waals surface area contributed by atoms with E-state index in [2.05, 4.69) is 6.07 Å². The number of benzene rings is 2. The Bertz CT molecular complexity index is 1230. The third-order valence-electron chi connectivity index (χ3n) is 5.58. The Kier molecular flexibility index (Phi) is 3.61. The standard InChI is InChI=1S/C23H20O4/c1-13-22-18(16-5-3-4-6-20(16)26-22)11-19-17(12-21(24)27-23(13)19)14-7-9-15(25-2)10-8-14/h7-12H,3-6H2,1-2H3. The number of fused-ring (bicyclic) bond motifs is 4. The van der Waals surface area contributed by atoms with Gasteiger partial charge in [0.15, 0.2) is 0 Å². The third-order valence-corrected chi connectivity index (χ3v) is 5.58. The SMILES string of the molecule is COc1ccc(-c2cc(=O)oc3c(C)c4oc5c(c4cc23)CCCC5)cc1. The summed E-state index contributed by atoms with van der Waals surface area (Å²) in [5, 5.41) is 2.09. The fraction of sp³-hybridized carbons (Fsp3) is 0.261. The van der Waals surface area contributed by atoms with Crippen molar-refractivity contribution < 1.29 is 13.6 Å². The van der Waals surface area contributed by atoms with Crippen molar-refractivity contribution >= 4 is 21.9 Å². The first-order chi connectivity index (χ1) is 13.2.